The fourth-order valence-electron chi connectivity index (χ4n) is 2.45. The van der Waals surface area contributed by atoms with Gasteiger partial charge in [0.25, 0.3) is 5.91 Å². The van der Waals surface area contributed by atoms with E-state index < -0.39 is 0 Å². The summed E-state index contributed by atoms with van der Waals surface area (Å²) >= 11 is 9.50. The van der Waals surface area contributed by atoms with Gasteiger partial charge >= 0.3 is 0 Å². The molecule has 0 aliphatic heterocycles. The van der Waals surface area contributed by atoms with E-state index in [-0.39, 0.29) is 11.9 Å². The van der Waals surface area contributed by atoms with Gasteiger partial charge in [-0.3, -0.25) is 4.79 Å². The van der Waals surface area contributed by atoms with Crippen molar-refractivity contribution in [3.63, 3.8) is 0 Å². The van der Waals surface area contributed by atoms with Crippen molar-refractivity contribution in [2.45, 2.75) is 26.3 Å². The highest BCUT2D eigenvalue weighted by atomic mass is 79.9. The number of hydrogen-bond acceptors (Lipinski definition) is 2. The van der Waals surface area contributed by atoms with Crippen LogP contribution < -0.4 is 10.1 Å². The molecule has 0 aliphatic rings. The minimum absolute atomic E-state index is 0.0813. The van der Waals surface area contributed by atoms with Crippen molar-refractivity contribution in [1.82, 2.24) is 5.32 Å². The van der Waals surface area contributed by atoms with Crippen LogP contribution >= 0.6 is 27.5 Å². The lowest BCUT2D eigenvalue weighted by Crippen LogP contribution is -2.28. The van der Waals surface area contributed by atoms with Gasteiger partial charge in [0.05, 0.1) is 23.7 Å². The van der Waals surface area contributed by atoms with Crippen molar-refractivity contribution in [3.05, 3.63) is 62.6 Å². The molecule has 3 nitrogen and oxygen atoms in total. The average Bonchev–Trinajstić information content (AvgIpc) is 2.54. The molecule has 23 heavy (non-hydrogen) atoms. The number of aryl methyl sites for hydroxylation is 1. The first kappa shape index (κ1) is 17.8. The normalized spacial score (nSPS) is 11.9. The van der Waals surface area contributed by atoms with Gasteiger partial charge < -0.3 is 10.1 Å². The van der Waals surface area contributed by atoms with Crippen LogP contribution in [-0.4, -0.2) is 13.0 Å². The number of methoxy groups -OCH3 is 1. The Morgan fingerprint density at radius 1 is 1.30 bits per heavy atom. The van der Waals surface area contributed by atoms with Crippen LogP contribution in [0.5, 0.6) is 5.75 Å². The first-order valence-electron chi connectivity index (χ1n) is 7.36. The van der Waals surface area contributed by atoms with Crippen LogP contribution in [0.1, 0.15) is 40.9 Å². The molecule has 0 unspecified atom stereocenters. The summed E-state index contributed by atoms with van der Waals surface area (Å²) in [5, 5.41) is 3.48. The molecule has 2 aromatic rings. The smallest absolute Gasteiger partial charge is 0.253 e. The average molecular weight is 397 g/mol. The van der Waals surface area contributed by atoms with Crippen molar-refractivity contribution in [1.29, 1.82) is 0 Å². The van der Waals surface area contributed by atoms with Gasteiger partial charge in [0, 0.05) is 4.47 Å². The van der Waals surface area contributed by atoms with Crippen LogP contribution in [0.15, 0.2) is 40.9 Å². The van der Waals surface area contributed by atoms with E-state index >= 15 is 0 Å². The second kappa shape index (κ2) is 7.84. The Kier molecular flexibility index (Phi) is 6.08. The number of halogens is 2. The minimum atomic E-state index is -0.184. The van der Waals surface area contributed by atoms with E-state index in [2.05, 4.69) is 21.2 Å². The summed E-state index contributed by atoms with van der Waals surface area (Å²) in [4.78, 5) is 12.5. The summed E-state index contributed by atoms with van der Waals surface area (Å²) < 4.78 is 6.10. The van der Waals surface area contributed by atoms with Gasteiger partial charge in [-0.2, -0.15) is 0 Å². The zero-order valence-electron chi connectivity index (χ0n) is 13.3. The van der Waals surface area contributed by atoms with Gasteiger partial charge in [-0.25, -0.2) is 0 Å². The number of benzene rings is 2. The van der Waals surface area contributed by atoms with Crippen molar-refractivity contribution in [3.8, 4) is 5.75 Å². The lowest BCUT2D eigenvalue weighted by Gasteiger charge is -2.19. The topological polar surface area (TPSA) is 38.3 Å². The molecule has 2 aromatic carbocycles. The molecular formula is C18H19BrClNO2. The predicted molar refractivity (Wildman–Crippen MR) is 97.4 cm³/mol. The van der Waals surface area contributed by atoms with E-state index in [0.717, 1.165) is 27.8 Å². The Bertz CT molecular complexity index is 718. The van der Waals surface area contributed by atoms with Gasteiger partial charge in [0.15, 0.2) is 0 Å². The fraction of sp³-hybridized carbons (Fsp3) is 0.278. The third-order valence-corrected chi connectivity index (χ3v) is 4.53. The minimum Gasteiger partial charge on any atom is -0.496 e. The van der Waals surface area contributed by atoms with Gasteiger partial charge in [0.1, 0.15) is 5.75 Å². The predicted octanol–water partition coefficient (Wildman–Crippen LogP) is 5.30. The lowest BCUT2D eigenvalue weighted by molar-refractivity contribution is 0.0935. The molecule has 2 rings (SSSR count). The number of rotatable bonds is 5. The first-order chi connectivity index (χ1) is 11.0. The Balaban J connectivity index is 2.23. The maximum Gasteiger partial charge on any atom is 0.253 e. The number of nitrogens with one attached hydrogen (secondary N) is 1. The summed E-state index contributed by atoms with van der Waals surface area (Å²) in [6.45, 7) is 4.02. The molecule has 0 saturated heterocycles. The number of ether oxygens (including phenoxy) is 1. The van der Waals surface area contributed by atoms with Gasteiger partial charge in [-0.05, 0) is 48.7 Å². The van der Waals surface area contributed by atoms with E-state index in [1.165, 1.54) is 0 Å². The van der Waals surface area contributed by atoms with Gasteiger partial charge in [-0.15, -0.1) is 0 Å². The molecule has 0 aromatic heterocycles. The molecule has 1 atom stereocenters. The fourth-order valence-corrected chi connectivity index (χ4v) is 3.01. The molecule has 1 N–H and O–H groups in total. The summed E-state index contributed by atoms with van der Waals surface area (Å²) in [6.07, 6.45) is 0.781. The first-order valence-corrected chi connectivity index (χ1v) is 8.53. The molecular weight excluding hydrogens is 378 g/mol. The van der Waals surface area contributed by atoms with E-state index in [4.69, 9.17) is 16.3 Å². The van der Waals surface area contributed by atoms with Crippen molar-refractivity contribution < 1.29 is 9.53 Å². The van der Waals surface area contributed by atoms with Crippen LogP contribution in [0.2, 0.25) is 5.02 Å². The number of hydrogen-bond donors (Lipinski definition) is 1. The van der Waals surface area contributed by atoms with Crippen molar-refractivity contribution in [2.75, 3.05) is 7.11 Å². The van der Waals surface area contributed by atoms with Crippen LogP contribution in [0.3, 0.4) is 0 Å². The Hall–Kier alpha value is -1.52. The third kappa shape index (κ3) is 4.27. The highest BCUT2D eigenvalue weighted by molar-refractivity contribution is 9.10. The maximum absolute atomic E-state index is 12.5. The molecule has 122 valence electrons. The van der Waals surface area contributed by atoms with Crippen LogP contribution in [0, 0.1) is 6.92 Å². The number of amides is 1. The second-order valence-electron chi connectivity index (χ2n) is 5.29. The third-order valence-electron chi connectivity index (χ3n) is 3.71. The van der Waals surface area contributed by atoms with E-state index in [1.807, 2.05) is 38.1 Å². The second-order valence-corrected chi connectivity index (χ2v) is 6.61. The quantitative estimate of drug-likeness (QED) is 0.744. The van der Waals surface area contributed by atoms with Gasteiger partial charge in [0.2, 0.25) is 0 Å². The van der Waals surface area contributed by atoms with E-state index in [1.54, 1.807) is 19.2 Å². The van der Waals surface area contributed by atoms with Crippen molar-refractivity contribution in [2.24, 2.45) is 0 Å². The van der Waals surface area contributed by atoms with E-state index in [0.29, 0.717) is 10.6 Å². The lowest BCUT2D eigenvalue weighted by atomic mass is 10.0. The summed E-state index contributed by atoms with van der Waals surface area (Å²) in [5.74, 6) is 0.654. The highest BCUT2D eigenvalue weighted by Gasteiger charge is 2.17. The Morgan fingerprint density at radius 2 is 2.04 bits per heavy atom. The highest BCUT2D eigenvalue weighted by Crippen LogP contribution is 2.26. The molecule has 0 spiro atoms. The standard InChI is InChI=1S/C18H19BrClNO2/c1-4-16(12-5-8-17(23-3)11(2)9-12)21-18(22)14-10-13(19)6-7-15(14)20/h5-10,16H,4H2,1-3H3,(H,21,22)/t16-/m0/s1. The molecule has 0 fully saturated rings. The van der Waals surface area contributed by atoms with Crippen LogP contribution in [-0.2, 0) is 0 Å². The number of carbonyl (C=O) groups is 1. The summed E-state index contributed by atoms with van der Waals surface area (Å²) in [5.41, 5.74) is 2.55. The molecule has 5 heteroatoms. The van der Waals surface area contributed by atoms with E-state index in [9.17, 15) is 4.79 Å². The molecule has 0 radical (unpaired) electrons. The molecule has 0 saturated carbocycles. The van der Waals surface area contributed by atoms with Crippen LogP contribution in [0.25, 0.3) is 0 Å². The zero-order chi connectivity index (χ0) is 17.0. The van der Waals surface area contributed by atoms with Gasteiger partial charge in [-0.1, -0.05) is 46.6 Å². The number of carbonyl (C=O) groups excluding carboxylic acids is 1. The molecule has 0 bridgehead atoms. The Labute approximate surface area is 150 Å². The zero-order valence-corrected chi connectivity index (χ0v) is 15.7. The SMILES string of the molecule is CC[C@H](NC(=O)c1cc(Br)ccc1Cl)c1ccc(OC)c(C)c1. The molecule has 0 aliphatic carbocycles. The Morgan fingerprint density at radius 3 is 2.65 bits per heavy atom. The summed E-state index contributed by atoms with van der Waals surface area (Å²) in [7, 11) is 1.65. The summed E-state index contributed by atoms with van der Waals surface area (Å²) in [6, 6.07) is 11.1. The monoisotopic (exact) mass is 395 g/mol. The van der Waals surface area contributed by atoms with Crippen molar-refractivity contribution >= 4 is 33.4 Å². The maximum atomic E-state index is 12.5. The molecule has 1 amide bonds. The largest absolute Gasteiger partial charge is 0.496 e. The van der Waals surface area contributed by atoms with Crippen LogP contribution in [0.4, 0.5) is 0 Å². The molecule has 0 heterocycles.